The number of phenols is 1. The first-order chi connectivity index (χ1) is 14.1. The van der Waals surface area contributed by atoms with E-state index in [0.29, 0.717) is 30.2 Å². The molecule has 0 saturated heterocycles. The third-order valence-electron chi connectivity index (χ3n) is 4.67. The molecule has 0 unspecified atom stereocenters. The Balaban J connectivity index is 1.54. The number of nitrogens with one attached hydrogen (secondary N) is 1. The normalized spacial score (nSPS) is 10.8. The van der Waals surface area contributed by atoms with E-state index >= 15 is 0 Å². The van der Waals surface area contributed by atoms with Crippen molar-refractivity contribution in [2.45, 2.75) is 6.92 Å². The Morgan fingerprint density at radius 2 is 1.76 bits per heavy atom. The highest BCUT2D eigenvalue weighted by molar-refractivity contribution is 5.86. The van der Waals surface area contributed by atoms with Crippen molar-refractivity contribution in [3.05, 3.63) is 88.6 Å². The quantitative estimate of drug-likeness (QED) is 0.457. The number of hydrogen-bond acceptors (Lipinski definition) is 5. The van der Waals surface area contributed by atoms with Crippen LogP contribution in [0.2, 0.25) is 0 Å². The summed E-state index contributed by atoms with van der Waals surface area (Å²) in [4.78, 5) is 12.5. The fourth-order valence-electron chi connectivity index (χ4n) is 3.20. The predicted octanol–water partition coefficient (Wildman–Crippen LogP) is 4.96. The zero-order valence-electron chi connectivity index (χ0n) is 16.0. The second-order valence-electron chi connectivity index (χ2n) is 6.75. The number of phenolic OH excluding ortho intramolecular Hbond substituents is 1. The minimum Gasteiger partial charge on any atom is -0.507 e. The van der Waals surface area contributed by atoms with Crippen molar-refractivity contribution in [2.75, 3.05) is 18.5 Å². The van der Waals surface area contributed by atoms with Gasteiger partial charge >= 0.3 is 0 Å². The van der Waals surface area contributed by atoms with Gasteiger partial charge in [0.2, 0.25) is 0 Å². The molecule has 0 bridgehead atoms. The van der Waals surface area contributed by atoms with Gasteiger partial charge in [-0.25, -0.2) is 0 Å². The molecule has 5 heteroatoms. The first-order valence-electron chi connectivity index (χ1n) is 9.40. The molecule has 3 aromatic carbocycles. The lowest BCUT2D eigenvalue weighted by Crippen LogP contribution is -2.12. The molecule has 4 aromatic rings. The molecule has 0 aliphatic carbocycles. The number of ether oxygens (including phenoxy) is 1. The predicted molar refractivity (Wildman–Crippen MR) is 115 cm³/mol. The van der Waals surface area contributed by atoms with Gasteiger partial charge in [0.15, 0.2) is 5.43 Å². The van der Waals surface area contributed by atoms with Crippen molar-refractivity contribution in [3.63, 3.8) is 0 Å². The summed E-state index contributed by atoms with van der Waals surface area (Å²) in [6, 6.07) is 21.9. The van der Waals surface area contributed by atoms with Crippen molar-refractivity contribution in [2.24, 2.45) is 0 Å². The lowest BCUT2D eigenvalue weighted by molar-refractivity contribution is 0.330. The molecule has 1 aromatic heterocycles. The molecule has 0 aliphatic rings. The third kappa shape index (κ3) is 4.09. The fourth-order valence-corrected chi connectivity index (χ4v) is 3.20. The molecule has 5 nitrogen and oxygen atoms in total. The van der Waals surface area contributed by atoms with Crippen LogP contribution >= 0.6 is 0 Å². The van der Waals surface area contributed by atoms with Gasteiger partial charge in [-0.15, -0.1) is 0 Å². The highest BCUT2D eigenvalue weighted by atomic mass is 16.5. The van der Waals surface area contributed by atoms with Crippen LogP contribution in [0.1, 0.15) is 5.56 Å². The third-order valence-corrected chi connectivity index (χ3v) is 4.67. The molecule has 146 valence electrons. The van der Waals surface area contributed by atoms with Crippen LogP contribution in [0, 0.1) is 6.92 Å². The van der Waals surface area contributed by atoms with Gasteiger partial charge < -0.3 is 19.6 Å². The Labute approximate surface area is 168 Å². The van der Waals surface area contributed by atoms with E-state index in [1.807, 2.05) is 61.5 Å². The Morgan fingerprint density at radius 3 is 2.55 bits per heavy atom. The monoisotopic (exact) mass is 387 g/mol. The topological polar surface area (TPSA) is 71.7 Å². The van der Waals surface area contributed by atoms with Crippen LogP contribution in [0.4, 0.5) is 5.69 Å². The number of aromatic hydroxyl groups is 1. The minimum absolute atomic E-state index is 0.148. The van der Waals surface area contributed by atoms with Crippen molar-refractivity contribution < 1.29 is 14.3 Å². The zero-order valence-corrected chi connectivity index (χ0v) is 16.0. The zero-order chi connectivity index (χ0) is 20.2. The number of rotatable bonds is 6. The Hall–Kier alpha value is -3.73. The summed E-state index contributed by atoms with van der Waals surface area (Å²) in [5, 5.41) is 13.8. The summed E-state index contributed by atoms with van der Waals surface area (Å²) in [5.74, 6) is 0.730. The van der Waals surface area contributed by atoms with Crippen LogP contribution < -0.4 is 15.5 Å². The molecule has 0 saturated carbocycles. The number of para-hydroxylation sites is 1. The Bertz CT molecular complexity index is 1200. The second kappa shape index (κ2) is 8.10. The minimum atomic E-state index is -0.296. The largest absolute Gasteiger partial charge is 0.507 e. The molecule has 0 spiro atoms. The molecule has 0 fully saturated rings. The molecule has 0 amide bonds. The summed E-state index contributed by atoms with van der Waals surface area (Å²) in [5.41, 5.74) is 3.00. The molecule has 29 heavy (non-hydrogen) atoms. The van der Waals surface area contributed by atoms with Crippen LogP contribution in [-0.2, 0) is 0 Å². The summed E-state index contributed by atoms with van der Waals surface area (Å²) in [6.45, 7) is 3.02. The van der Waals surface area contributed by atoms with Crippen LogP contribution in [0.15, 0.2) is 82.0 Å². The van der Waals surface area contributed by atoms with Crippen molar-refractivity contribution in [3.8, 4) is 22.8 Å². The maximum atomic E-state index is 12.5. The van der Waals surface area contributed by atoms with E-state index in [1.165, 1.54) is 12.1 Å². The number of benzene rings is 3. The molecule has 1 heterocycles. The van der Waals surface area contributed by atoms with E-state index in [9.17, 15) is 9.90 Å². The van der Waals surface area contributed by atoms with Crippen molar-refractivity contribution >= 4 is 16.7 Å². The number of hydrogen-bond donors (Lipinski definition) is 2. The summed E-state index contributed by atoms with van der Waals surface area (Å²) in [7, 11) is 0. The van der Waals surface area contributed by atoms with Crippen LogP contribution in [0.25, 0.3) is 22.3 Å². The Morgan fingerprint density at radius 1 is 1.00 bits per heavy atom. The number of fused-ring (bicyclic) bond motifs is 1. The van der Waals surface area contributed by atoms with Gasteiger partial charge in [0.1, 0.15) is 34.8 Å². The van der Waals surface area contributed by atoms with Crippen LogP contribution in [0.3, 0.4) is 0 Å². The van der Waals surface area contributed by atoms with E-state index in [2.05, 4.69) is 5.32 Å². The average molecular weight is 387 g/mol. The van der Waals surface area contributed by atoms with Gasteiger partial charge in [0.05, 0.1) is 0 Å². The van der Waals surface area contributed by atoms with Gasteiger partial charge in [-0.2, -0.15) is 0 Å². The Kier molecular flexibility index (Phi) is 5.20. The van der Waals surface area contributed by atoms with E-state index in [0.717, 1.165) is 16.8 Å². The molecule has 0 aliphatic heterocycles. The molecular weight excluding hydrogens is 366 g/mol. The van der Waals surface area contributed by atoms with Gasteiger partial charge in [0, 0.05) is 36.0 Å². The molecule has 2 N–H and O–H groups in total. The molecule has 0 radical (unpaired) electrons. The smallest absolute Gasteiger partial charge is 0.197 e. The van der Waals surface area contributed by atoms with Gasteiger partial charge in [-0.3, -0.25) is 4.79 Å². The maximum absolute atomic E-state index is 12.5. The van der Waals surface area contributed by atoms with E-state index < -0.39 is 0 Å². The summed E-state index contributed by atoms with van der Waals surface area (Å²) in [6.07, 6.45) is 0. The van der Waals surface area contributed by atoms with Gasteiger partial charge in [0.25, 0.3) is 0 Å². The number of aryl methyl sites for hydroxylation is 1. The highest BCUT2D eigenvalue weighted by Crippen LogP contribution is 2.31. The maximum Gasteiger partial charge on any atom is 0.197 e. The lowest BCUT2D eigenvalue weighted by atomic mass is 10.1. The standard InChI is InChI=1S/C24H21NO4/c1-16-7-5-6-10-19(16)25-11-12-28-18-13-20(26)24-21(27)15-22(29-23(24)14-18)17-8-3-2-4-9-17/h2-10,13-15,25-26H,11-12H2,1H3. The molecule has 4 rings (SSSR count). The van der Waals surface area contributed by atoms with E-state index in [-0.39, 0.29) is 16.6 Å². The first-order valence-corrected chi connectivity index (χ1v) is 9.40. The fraction of sp³-hybridized carbons (Fsp3) is 0.125. The lowest BCUT2D eigenvalue weighted by Gasteiger charge is -2.11. The second-order valence-corrected chi connectivity index (χ2v) is 6.75. The summed E-state index contributed by atoms with van der Waals surface area (Å²) >= 11 is 0. The van der Waals surface area contributed by atoms with Crippen LogP contribution in [-0.4, -0.2) is 18.3 Å². The molecular formula is C24H21NO4. The van der Waals surface area contributed by atoms with Gasteiger partial charge in [-0.1, -0.05) is 48.5 Å². The van der Waals surface area contributed by atoms with Crippen molar-refractivity contribution in [1.29, 1.82) is 0 Å². The molecule has 0 atom stereocenters. The van der Waals surface area contributed by atoms with Crippen LogP contribution in [0.5, 0.6) is 11.5 Å². The SMILES string of the molecule is Cc1ccccc1NCCOc1cc(O)c2c(=O)cc(-c3ccccc3)oc2c1. The van der Waals surface area contributed by atoms with Crippen molar-refractivity contribution in [1.82, 2.24) is 0 Å². The number of anilines is 1. The summed E-state index contributed by atoms with van der Waals surface area (Å²) < 4.78 is 11.6. The van der Waals surface area contributed by atoms with E-state index in [1.54, 1.807) is 6.07 Å². The van der Waals surface area contributed by atoms with Gasteiger partial charge in [-0.05, 0) is 18.6 Å². The van der Waals surface area contributed by atoms with E-state index in [4.69, 9.17) is 9.15 Å². The highest BCUT2D eigenvalue weighted by Gasteiger charge is 2.13. The average Bonchev–Trinajstić information content (AvgIpc) is 2.72. The first kappa shape index (κ1) is 18.6.